The van der Waals surface area contributed by atoms with E-state index in [1.807, 2.05) is 49.4 Å². The summed E-state index contributed by atoms with van der Waals surface area (Å²) in [6.45, 7) is 6.41. The van der Waals surface area contributed by atoms with E-state index in [0.717, 1.165) is 42.4 Å². The fourth-order valence-corrected chi connectivity index (χ4v) is 4.26. The summed E-state index contributed by atoms with van der Waals surface area (Å²) < 4.78 is 1.45. The standard InChI is InChI=1S/C26H29N3O2/c1-3-4-11-24(30)29(2)26(16-7-8-17-26)25(31)28-19-20-12-14-21(15-13-20)23-10-6-5-9-22(23)18-27/h5-6,9-10,12-15H,2-4,7-8,11,16-17,19H2,1H3/p+1. The Morgan fingerprint density at radius 3 is 2.45 bits per heavy atom. The lowest BCUT2D eigenvalue weighted by Gasteiger charge is -2.23. The van der Waals surface area contributed by atoms with Crippen LogP contribution in [0.5, 0.6) is 0 Å². The molecule has 2 aromatic carbocycles. The number of amides is 2. The normalized spacial score (nSPS) is 14.6. The maximum absolute atomic E-state index is 13.2. The lowest BCUT2D eigenvalue weighted by Crippen LogP contribution is -2.54. The van der Waals surface area contributed by atoms with E-state index in [1.165, 1.54) is 4.58 Å². The molecule has 1 N–H and O–H groups in total. The first-order valence-corrected chi connectivity index (χ1v) is 11.0. The highest BCUT2D eigenvalue weighted by Crippen LogP contribution is 2.33. The van der Waals surface area contributed by atoms with Crippen molar-refractivity contribution >= 4 is 18.5 Å². The molecular weight excluding hydrogens is 386 g/mol. The summed E-state index contributed by atoms with van der Waals surface area (Å²) >= 11 is 0. The Kier molecular flexibility index (Phi) is 7.36. The van der Waals surface area contributed by atoms with Crippen LogP contribution in [-0.4, -0.2) is 28.6 Å². The van der Waals surface area contributed by atoms with E-state index in [2.05, 4.69) is 18.1 Å². The van der Waals surface area contributed by atoms with Gasteiger partial charge in [0.25, 0.3) is 5.91 Å². The zero-order valence-corrected chi connectivity index (χ0v) is 18.2. The number of nitrogens with zero attached hydrogens (tertiary/aromatic N) is 2. The van der Waals surface area contributed by atoms with Crippen molar-refractivity contribution in [3.63, 3.8) is 0 Å². The van der Waals surface area contributed by atoms with Gasteiger partial charge in [0.15, 0.2) is 0 Å². The van der Waals surface area contributed by atoms with Gasteiger partial charge in [0.2, 0.25) is 5.54 Å². The molecule has 1 fully saturated rings. The molecule has 160 valence electrons. The van der Waals surface area contributed by atoms with Gasteiger partial charge in [-0.15, -0.1) is 0 Å². The number of hydrogen-bond acceptors (Lipinski definition) is 3. The summed E-state index contributed by atoms with van der Waals surface area (Å²) in [5.74, 6) is -0.178. The van der Waals surface area contributed by atoms with Crippen LogP contribution in [0.15, 0.2) is 48.5 Å². The van der Waals surface area contributed by atoms with E-state index >= 15 is 0 Å². The fourth-order valence-electron chi connectivity index (χ4n) is 4.26. The molecule has 0 aliphatic heterocycles. The van der Waals surface area contributed by atoms with Crippen molar-refractivity contribution in [1.82, 2.24) is 5.32 Å². The van der Waals surface area contributed by atoms with Gasteiger partial charge in [-0.05, 0) is 42.0 Å². The van der Waals surface area contributed by atoms with Crippen LogP contribution in [0.25, 0.3) is 11.1 Å². The molecule has 1 aliphatic carbocycles. The number of carbonyl (C=O) groups excluding carboxylic acids is 2. The molecule has 3 rings (SSSR count). The SMILES string of the molecule is C=[N+](C(=O)CCCC)C1(C(=O)NCc2ccc(-c3ccccc3C#N)cc2)CCCC1. The van der Waals surface area contributed by atoms with Crippen LogP contribution >= 0.6 is 0 Å². The van der Waals surface area contributed by atoms with Crippen molar-refractivity contribution in [2.75, 3.05) is 0 Å². The van der Waals surface area contributed by atoms with Gasteiger partial charge in [-0.25, -0.2) is 4.79 Å². The van der Waals surface area contributed by atoms with Crippen molar-refractivity contribution < 1.29 is 14.2 Å². The molecular formula is C26H30N3O2+. The summed E-state index contributed by atoms with van der Waals surface area (Å²) in [5, 5.41) is 12.3. The van der Waals surface area contributed by atoms with Gasteiger partial charge in [0, 0.05) is 19.4 Å². The fraction of sp³-hybridized carbons (Fsp3) is 0.385. The van der Waals surface area contributed by atoms with Gasteiger partial charge >= 0.3 is 5.91 Å². The number of carbonyl (C=O) groups is 2. The zero-order chi connectivity index (χ0) is 22.3. The largest absolute Gasteiger partial charge is 0.387 e. The molecule has 1 saturated carbocycles. The van der Waals surface area contributed by atoms with E-state index in [1.54, 1.807) is 6.07 Å². The third-order valence-corrected chi connectivity index (χ3v) is 6.18. The second-order valence-electron chi connectivity index (χ2n) is 8.20. The monoisotopic (exact) mass is 416 g/mol. The van der Waals surface area contributed by atoms with Gasteiger partial charge in [-0.2, -0.15) is 9.84 Å². The van der Waals surface area contributed by atoms with Crippen molar-refractivity contribution in [3.8, 4) is 17.2 Å². The van der Waals surface area contributed by atoms with Crippen LogP contribution in [0.4, 0.5) is 0 Å². The van der Waals surface area contributed by atoms with Crippen molar-refractivity contribution in [2.45, 2.75) is 64.0 Å². The predicted octanol–water partition coefficient (Wildman–Crippen LogP) is 4.58. The molecule has 0 spiro atoms. The second kappa shape index (κ2) is 10.2. The van der Waals surface area contributed by atoms with Gasteiger partial charge in [0.1, 0.15) is 6.72 Å². The second-order valence-corrected chi connectivity index (χ2v) is 8.20. The highest BCUT2D eigenvalue weighted by molar-refractivity contribution is 5.87. The highest BCUT2D eigenvalue weighted by atomic mass is 16.2. The molecule has 0 radical (unpaired) electrons. The first-order chi connectivity index (χ1) is 15.0. The van der Waals surface area contributed by atoms with Crippen molar-refractivity contribution in [3.05, 3.63) is 59.7 Å². The van der Waals surface area contributed by atoms with Crippen molar-refractivity contribution in [1.29, 1.82) is 5.26 Å². The quantitative estimate of drug-likeness (QED) is 0.505. The number of nitrogens with one attached hydrogen (secondary N) is 1. The Balaban J connectivity index is 1.68. The molecule has 0 atom stereocenters. The number of nitriles is 1. The molecule has 0 heterocycles. The molecule has 0 unspecified atom stereocenters. The minimum Gasteiger partial charge on any atom is -0.346 e. The molecule has 0 saturated heterocycles. The highest BCUT2D eigenvalue weighted by Gasteiger charge is 2.52. The molecule has 5 nitrogen and oxygen atoms in total. The smallest absolute Gasteiger partial charge is 0.346 e. The molecule has 0 aromatic heterocycles. The van der Waals surface area contributed by atoms with Crippen LogP contribution in [0.2, 0.25) is 0 Å². The summed E-state index contributed by atoms with van der Waals surface area (Å²) in [5.41, 5.74) is 2.62. The summed E-state index contributed by atoms with van der Waals surface area (Å²) in [6.07, 6.45) is 5.34. The van der Waals surface area contributed by atoms with E-state index < -0.39 is 5.54 Å². The first-order valence-electron chi connectivity index (χ1n) is 11.0. The van der Waals surface area contributed by atoms with Crippen LogP contribution in [0.3, 0.4) is 0 Å². The number of hydrogen-bond donors (Lipinski definition) is 1. The Morgan fingerprint density at radius 1 is 1.13 bits per heavy atom. The zero-order valence-electron chi connectivity index (χ0n) is 18.2. The lowest BCUT2D eigenvalue weighted by atomic mass is 9.94. The van der Waals surface area contributed by atoms with E-state index in [-0.39, 0.29) is 11.8 Å². The number of benzene rings is 2. The molecule has 31 heavy (non-hydrogen) atoms. The molecule has 2 amide bonds. The summed E-state index contributed by atoms with van der Waals surface area (Å²) in [6, 6.07) is 17.6. The average molecular weight is 417 g/mol. The minimum atomic E-state index is -0.837. The topological polar surface area (TPSA) is 73.0 Å². The number of unbranched alkanes of at least 4 members (excludes halogenated alkanes) is 1. The Labute approximate surface area is 184 Å². The molecule has 2 aromatic rings. The maximum atomic E-state index is 13.2. The van der Waals surface area contributed by atoms with Crippen molar-refractivity contribution in [2.24, 2.45) is 0 Å². The van der Waals surface area contributed by atoms with Crippen LogP contribution in [0, 0.1) is 11.3 Å². The maximum Gasteiger partial charge on any atom is 0.387 e. The van der Waals surface area contributed by atoms with Gasteiger partial charge in [-0.1, -0.05) is 55.8 Å². The Bertz CT molecular complexity index is 996. The Morgan fingerprint density at radius 2 is 1.81 bits per heavy atom. The molecule has 0 bridgehead atoms. The Hall–Kier alpha value is -3.26. The van der Waals surface area contributed by atoms with Crippen LogP contribution < -0.4 is 5.32 Å². The first kappa shape index (κ1) is 22.4. The molecule has 1 aliphatic rings. The van der Waals surface area contributed by atoms with E-state index in [4.69, 9.17) is 0 Å². The number of rotatable bonds is 8. The van der Waals surface area contributed by atoms with Gasteiger partial charge in [-0.3, -0.25) is 4.79 Å². The third kappa shape index (κ3) is 4.91. The average Bonchev–Trinajstić information content (AvgIpc) is 3.32. The third-order valence-electron chi connectivity index (χ3n) is 6.18. The van der Waals surface area contributed by atoms with Crippen LogP contribution in [0.1, 0.15) is 63.0 Å². The summed E-state index contributed by atoms with van der Waals surface area (Å²) in [4.78, 5) is 25.7. The van der Waals surface area contributed by atoms with E-state index in [0.29, 0.717) is 31.4 Å². The van der Waals surface area contributed by atoms with Gasteiger partial charge < -0.3 is 5.32 Å². The summed E-state index contributed by atoms with van der Waals surface area (Å²) in [7, 11) is 0. The lowest BCUT2D eigenvalue weighted by molar-refractivity contribution is -0.509. The minimum absolute atomic E-state index is 0.0561. The molecule has 5 heteroatoms. The van der Waals surface area contributed by atoms with Gasteiger partial charge in [0.05, 0.1) is 18.1 Å². The van der Waals surface area contributed by atoms with Crippen LogP contribution in [-0.2, 0) is 16.1 Å². The van der Waals surface area contributed by atoms with E-state index in [9.17, 15) is 14.9 Å². The predicted molar refractivity (Wildman–Crippen MR) is 122 cm³/mol.